The summed E-state index contributed by atoms with van der Waals surface area (Å²) in [5, 5.41) is 8.73. The van der Waals surface area contributed by atoms with Crippen LogP contribution in [-0.4, -0.2) is 14.2 Å². The highest BCUT2D eigenvalue weighted by atomic mass is 79.9. The SMILES string of the molecule is COc1cc(Br)c(C(N)C#N)cc1OC. The lowest BCUT2D eigenvalue weighted by Gasteiger charge is -2.12. The Hall–Kier alpha value is -1.25. The molecule has 0 saturated carbocycles. The number of nitrogens with two attached hydrogens (primary N) is 1. The first-order chi connectivity index (χ1) is 7.13. The average Bonchev–Trinajstić information content (AvgIpc) is 2.27. The van der Waals surface area contributed by atoms with Gasteiger partial charge in [-0.1, -0.05) is 15.9 Å². The molecule has 0 bridgehead atoms. The quantitative estimate of drug-likeness (QED) is 0.912. The van der Waals surface area contributed by atoms with Crippen molar-refractivity contribution in [3.63, 3.8) is 0 Å². The second-order valence-electron chi connectivity index (χ2n) is 2.84. The van der Waals surface area contributed by atoms with Gasteiger partial charge in [-0.3, -0.25) is 0 Å². The lowest BCUT2D eigenvalue weighted by molar-refractivity contribution is 0.354. The molecule has 5 heteroatoms. The molecule has 0 amide bonds. The van der Waals surface area contributed by atoms with E-state index in [2.05, 4.69) is 15.9 Å². The van der Waals surface area contributed by atoms with Crippen molar-refractivity contribution in [1.82, 2.24) is 0 Å². The normalized spacial score (nSPS) is 11.7. The van der Waals surface area contributed by atoms with Gasteiger partial charge in [-0.05, 0) is 12.1 Å². The zero-order valence-electron chi connectivity index (χ0n) is 8.45. The van der Waals surface area contributed by atoms with Crippen LogP contribution in [0.25, 0.3) is 0 Å². The highest BCUT2D eigenvalue weighted by Gasteiger charge is 2.14. The van der Waals surface area contributed by atoms with Crippen LogP contribution in [0.3, 0.4) is 0 Å². The van der Waals surface area contributed by atoms with Gasteiger partial charge in [0.15, 0.2) is 11.5 Å². The maximum absolute atomic E-state index is 8.73. The monoisotopic (exact) mass is 270 g/mol. The fraction of sp³-hybridized carbons (Fsp3) is 0.300. The molecule has 0 aliphatic rings. The van der Waals surface area contributed by atoms with Gasteiger partial charge < -0.3 is 15.2 Å². The number of hydrogen-bond acceptors (Lipinski definition) is 4. The van der Waals surface area contributed by atoms with Crippen molar-refractivity contribution in [2.45, 2.75) is 6.04 Å². The highest BCUT2D eigenvalue weighted by molar-refractivity contribution is 9.10. The van der Waals surface area contributed by atoms with Gasteiger partial charge in [0, 0.05) is 10.0 Å². The molecule has 0 radical (unpaired) electrons. The van der Waals surface area contributed by atoms with Crippen LogP contribution in [0.1, 0.15) is 11.6 Å². The Balaban J connectivity index is 3.27. The molecule has 0 saturated heterocycles. The molecule has 2 N–H and O–H groups in total. The predicted octanol–water partition coefficient (Wildman–Crippen LogP) is 1.99. The first-order valence-electron chi connectivity index (χ1n) is 4.20. The Morgan fingerprint density at radius 1 is 1.33 bits per heavy atom. The molecule has 0 aromatic heterocycles. The van der Waals surface area contributed by atoms with Gasteiger partial charge >= 0.3 is 0 Å². The number of rotatable bonds is 3. The Morgan fingerprint density at radius 3 is 2.33 bits per heavy atom. The molecular weight excluding hydrogens is 260 g/mol. The number of nitriles is 1. The van der Waals surface area contributed by atoms with E-state index in [-0.39, 0.29) is 0 Å². The number of methoxy groups -OCH3 is 2. The first kappa shape index (κ1) is 11.8. The third kappa shape index (κ3) is 2.41. The van der Waals surface area contributed by atoms with Crippen LogP contribution in [0.15, 0.2) is 16.6 Å². The lowest BCUT2D eigenvalue weighted by atomic mass is 10.1. The van der Waals surface area contributed by atoms with Crippen molar-refractivity contribution >= 4 is 15.9 Å². The van der Waals surface area contributed by atoms with Crippen LogP contribution >= 0.6 is 15.9 Å². The zero-order valence-corrected chi connectivity index (χ0v) is 10.0. The fourth-order valence-electron chi connectivity index (χ4n) is 1.18. The van der Waals surface area contributed by atoms with E-state index in [0.29, 0.717) is 17.1 Å². The van der Waals surface area contributed by atoms with E-state index in [9.17, 15) is 0 Å². The number of hydrogen-bond donors (Lipinski definition) is 1. The second kappa shape index (κ2) is 5.01. The summed E-state index contributed by atoms with van der Waals surface area (Å²) in [4.78, 5) is 0. The van der Waals surface area contributed by atoms with Gasteiger partial charge in [0.1, 0.15) is 6.04 Å². The molecule has 0 spiro atoms. The first-order valence-corrected chi connectivity index (χ1v) is 5.00. The smallest absolute Gasteiger partial charge is 0.161 e. The van der Waals surface area contributed by atoms with Crippen LogP contribution < -0.4 is 15.2 Å². The van der Waals surface area contributed by atoms with Crippen molar-refractivity contribution < 1.29 is 9.47 Å². The molecule has 1 unspecified atom stereocenters. The summed E-state index contributed by atoms with van der Waals surface area (Å²) in [6.07, 6.45) is 0. The Bertz CT molecular complexity index is 401. The minimum Gasteiger partial charge on any atom is -0.493 e. The molecule has 0 heterocycles. The largest absolute Gasteiger partial charge is 0.493 e. The number of nitrogens with zero attached hydrogens (tertiary/aromatic N) is 1. The minimum absolute atomic E-state index is 0.557. The van der Waals surface area contributed by atoms with Crippen LogP contribution in [0, 0.1) is 11.3 Å². The summed E-state index contributed by atoms with van der Waals surface area (Å²) in [6.45, 7) is 0. The molecule has 0 aliphatic carbocycles. The molecule has 0 fully saturated rings. The molecule has 1 rings (SSSR count). The van der Waals surface area contributed by atoms with E-state index < -0.39 is 6.04 Å². The number of ether oxygens (including phenoxy) is 2. The molecule has 4 nitrogen and oxygen atoms in total. The second-order valence-corrected chi connectivity index (χ2v) is 3.69. The van der Waals surface area contributed by atoms with Crippen molar-refractivity contribution in [3.8, 4) is 17.6 Å². The van der Waals surface area contributed by atoms with Gasteiger partial charge in [0.25, 0.3) is 0 Å². The van der Waals surface area contributed by atoms with Crippen molar-refractivity contribution in [1.29, 1.82) is 5.26 Å². The van der Waals surface area contributed by atoms with E-state index in [1.165, 1.54) is 7.11 Å². The highest BCUT2D eigenvalue weighted by Crippen LogP contribution is 2.35. The third-order valence-corrected chi connectivity index (χ3v) is 2.66. The Kier molecular flexibility index (Phi) is 3.95. The van der Waals surface area contributed by atoms with Gasteiger partial charge in [-0.25, -0.2) is 0 Å². The van der Waals surface area contributed by atoms with E-state index in [1.807, 2.05) is 6.07 Å². The minimum atomic E-state index is -0.681. The van der Waals surface area contributed by atoms with Crippen LogP contribution in [0.5, 0.6) is 11.5 Å². The summed E-state index contributed by atoms with van der Waals surface area (Å²) in [5.74, 6) is 1.15. The molecule has 1 aromatic rings. The zero-order chi connectivity index (χ0) is 11.4. The van der Waals surface area contributed by atoms with Crippen molar-refractivity contribution in [2.75, 3.05) is 14.2 Å². The molecule has 15 heavy (non-hydrogen) atoms. The summed E-state index contributed by atoms with van der Waals surface area (Å²) in [7, 11) is 3.08. The van der Waals surface area contributed by atoms with Gasteiger partial charge in [0.05, 0.1) is 20.3 Å². The van der Waals surface area contributed by atoms with E-state index in [0.717, 1.165) is 4.47 Å². The third-order valence-electron chi connectivity index (χ3n) is 1.98. The van der Waals surface area contributed by atoms with Crippen LogP contribution in [0.4, 0.5) is 0 Å². The Morgan fingerprint density at radius 2 is 1.87 bits per heavy atom. The summed E-state index contributed by atoms with van der Waals surface area (Å²) < 4.78 is 11.0. The summed E-state index contributed by atoms with van der Waals surface area (Å²) in [6, 6.07) is 4.70. The molecular formula is C10H11BrN2O2. The number of benzene rings is 1. The molecule has 1 atom stereocenters. The Labute approximate surface area is 96.7 Å². The van der Waals surface area contributed by atoms with Gasteiger partial charge in [0.2, 0.25) is 0 Å². The standard InChI is InChI=1S/C10H11BrN2O2/c1-14-9-3-6(8(13)5-12)7(11)4-10(9)15-2/h3-4,8H,13H2,1-2H3. The van der Waals surface area contributed by atoms with E-state index >= 15 is 0 Å². The molecule has 80 valence electrons. The summed E-state index contributed by atoms with van der Waals surface area (Å²) in [5.41, 5.74) is 6.30. The van der Waals surface area contributed by atoms with Crippen molar-refractivity contribution in [2.24, 2.45) is 5.73 Å². The predicted molar refractivity (Wildman–Crippen MR) is 59.8 cm³/mol. The molecule has 1 aromatic carbocycles. The fourth-order valence-corrected chi connectivity index (χ4v) is 1.75. The van der Waals surface area contributed by atoms with Gasteiger partial charge in [-0.15, -0.1) is 0 Å². The van der Waals surface area contributed by atoms with Gasteiger partial charge in [-0.2, -0.15) is 5.26 Å². The maximum Gasteiger partial charge on any atom is 0.161 e. The molecule has 0 aliphatic heterocycles. The van der Waals surface area contributed by atoms with Crippen LogP contribution in [0.2, 0.25) is 0 Å². The van der Waals surface area contributed by atoms with Crippen LogP contribution in [-0.2, 0) is 0 Å². The lowest BCUT2D eigenvalue weighted by Crippen LogP contribution is -2.08. The summed E-state index contributed by atoms with van der Waals surface area (Å²) >= 11 is 3.33. The topological polar surface area (TPSA) is 68.3 Å². The van der Waals surface area contributed by atoms with E-state index in [1.54, 1.807) is 19.2 Å². The van der Waals surface area contributed by atoms with E-state index in [4.69, 9.17) is 20.5 Å². The maximum atomic E-state index is 8.73. The van der Waals surface area contributed by atoms with Crippen molar-refractivity contribution in [3.05, 3.63) is 22.2 Å². The average molecular weight is 271 g/mol. The number of halogens is 1.